The number of aliphatic imine (C=N–C) groups is 1. The molecule has 2 atom stereocenters. The first kappa shape index (κ1) is 25.9. The maximum Gasteiger partial charge on any atom is 0.262 e. The summed E-state index contributed by atoms with van der Waals surface area (Å²) >= 11 is 7.02. The number of amides is 2. The van der Waals surface area contributed by atoms with Crippen molar-refractivity contribution in [3.05, 3.63) is 94.3 Å². The van der Waals surface area contributed by atoms with Crippen molar-refractivity contribution in [2.75, 3.05) is 12.4 Å². The van der Waals surface area contributed by atoms with Crippen LogP contribution in [0, 0.1) is 12.7 Å². The van der Waals surface area contributed by atoms with Crippen LogP contribution in [0.1, 0.15) is 35.6 Å². The molecule has 3 aromatic carbocycles. The van der Waals surface area contributed by atoms with Crippen LogP contribution in [0.2, 0.25) is 5.02 Å². The van der Waals surface area contributed by atoms with Crippen molar-refractivity contribution in [1.82, 2.24) is 5.01 Å². The SMILES string of the molecule is COc1ccc(C2=NN(C3=NC(=O)C(CC(=O)Nc4ccc(F)c(Cl)c4)S3)C(c3ccc(C)cc3)C2)cc1. The van der Waals surface area contributed by atoms with Crippen molar-refractivity contribution in [3.8, 4) is 5.75 Å². The van der Waals surface area contributed by atoms with Gasteiger partial charge in [0, 0.05) is 18.5 Å². The lowest BCUT2D eigenvalue weighted by Gasteiger charge is -2.23. The number of anilines is 1. The maximum absolute atomic E-state index is 13.4. The largest absolute Gasteiger partial charge is 0.497 e. The van der Waals surface area contributed by atoms with Crippen LogP contribution in [0.3, 0.4) is 0 Å². The van der Waals surface area contributed by atoms with E-state index in [0.29, 0.717) is 17.3 Å². The number of ether oxygens (including phenoxy) is 1. The van der Waals surface area contributed by atoms with E-state index in [1.165, 1.54) is 30.0 Å². The highest BCUT2D eigenvalue weighted by Crippen LogP contribution is 2.39. The summed E-state index contributed by atoms with van der Waals surface area (Å²) in [6.45, 7) is 2.03. The number of hydrazone groups is 1. The summed E-state index contributed by atoms with van der Waals surface area (Å²) in [5, 5.41) is 8.97. The zero-order chi connectivity index (χ0) is 26.8. The van der Waals surface area contributed by atoms with E-state index in [1.54, 1.807) is 12.1 Å². The standard InChI is InChI=1S/C28H24ClFN4O3S/c1-16-3-5-18(6-4-16)24-14-23(17-7-10-20(37-2)11-8-17)33-34(24)28-32-27(36)25(38-28)15-26(35)31-19-9-12-22(30)21(29)13-19/h3-13,24-25H,14-15H2,1-2H3,(H,31,35). The Morgan fingerprint density at radius 3 is 2.58 bits per heavy atom. The smallest absolute Gasteiger partial charge is 0.262 e. The number of amidine groups is 1. The first-order valence-corrected chi connectivity index (χ1v) is 13.2. The van der Waals surface area contributed by atoms with E-state index >= 15 is 0 Å². The molecule has 2 heterocycles. The summed E-state index contributed by atoms with van der Waals surface area (Å²) in [6.07, 6.45) is 0.531. The van der Waals surface area contributed by atoms with Crippen LogP contribution < -0.4 is 10.1 Å². The predicted octanol–water partition coefficient (Wildman–Crippen LogP) is 5.97. The molecule has 0 saturated carbocycles. The fourth-order valence-corrected chi connectivity index (χ4v) is 5.49. The number of carbonyl (C=O) groups excluding carboxylic acids is 2. The Bertz CT molecular complexity index is 1440. The summed E-state index contributed by atoms with van der Waals surface area (Å²) in [5.41, 5.74) is 4.36. The van der Waals surface area contributed by atoms with Crippen molar-refractivity contribution in [2.45, 2.75) is 31.1 Å². The van der Waals surface area contributed by atoms with Gasteiger partial charge in [0.25, 0.3) is 5.91 Å². The minimum Gasteiger partial charge on any atom is -0.497 e. The van der Waals surface area contributed by atoms with Crippen molar-refractivity contribution >= 4 is 51.7 Å². The molecule has 7 nitrogen and oxygen atoms in total. The van der Waals surface area contributed by atoms with E-state index in [9.17, 15) is 14.0 Å². The molecule has 0 saturated heterocycles. The van der Waals surface area contributed by atoms with Gasteiger partial charge in [0.05, 0.1) is 23.9 Å². The average molecular weight is 551 g/mol. The highest BCUT2D eigenvalue weighted by molar-refractivity contribution is 8.15. The van der Waals surface area contributed by atoms with Gasteiger partial charge >= 0.3 is 0 Å². The van der Waals surface area contributed by atoms with Crippen LogP contribution in [0.4, 0.5) is 10.1 Å². The first-order chi connectivity index (χ1) is 18.3. The zero-order valence-corrected chi connectivity index (χ0v) is 22.2. The van der Waals surface area contributed by atoms with Crippen LogP contribution in [-0.2, 0) is 9.59 Å². The molecule has 194 valence electrons. The van der Waals surface area contributed by atoms with Gasteiger partial charge in [0.2, 0.25) is 5.91 Å². The van der Waals surface area contributed by atoms with Gasteiger partial charge in [-0.2, -0.15) is 10.1 Å². The summed E-state index contributed by atoms with van der Waals surface area (Å²) in [6, 6.07) is 19.6. The molecule has 2 amide bonds. The zero-order valence-electron chi connectivity index (χ0n) is 20.7. The van der Waals surface area contributed by atoms with Gasteiger partial charge in [-0.05, 0) is 60.5 Å². The van der Waals surface area contributed by atoms with E-state index in [4.69, 9.17) is 21.4 Å². The summed E-state index contributed by atoms with van der Waals surface area (Å²) in [7, 11) is 1.62. The summed E-state index contributed by atoms with van der Waals surface area (Å²) < 4.78 is 18.7. The third-order valence-corrected chi connectivity index (χ3v) is 7.73. The number of methoxy groups -OCH3 is 1. The predicted molar refractivity (Wildman–Crippen MR) is 148 cm³/mol. The first-order valence-electron chi connectivity index (χ1n) is 11.9. The van der Waals surface area contributed by atoms with E-state index in [-0.39, 0.29) is 17.5 Å². The topological polar surface area (TPSA) is 83.4 Å². The number of hydrogen-bond donors (Lipinski definition) is 1. The van der Waals surface area contributed by atoms with Crippen LogP contribution in [-0.4, -0.2) is 40.1 Å². The number of nitrogens with zero attached hydrogens (tertiary/aromatic N) is 3. The van der Waals surface area contributed by atoms with Crippen LogP contribution in [0.15, 0.2) is 76.8 Å². The van der Waals surface area contributed by atoms with Gasteiger partial charge < -0.3 is 10.1 Å². The Labute approximate surface area is 228 Å². The quantitative estimate of drug-likeness (QED) is 0.408. The third kappa shape index (κ3) is 5.58. The number of thioether (sulfide) groups is 1. The number of nitrogens with one attached hydrogen (secondary N) is 1. The number of halogens is 2. The molecule has 38 heavy (non-hydrogen) atoms. The monoisotopic (exact) mass is 550 g/mol. The van der Waals surface area contributed by atoms with Crippen molar-refractivity contribution in [1.29, 1.82) is 0 Å². The number of rotatable bonds is 6. The van der Waals surface area contributed by atoms with Gasteiger partial charge in [-0.25, -0.2) is 9.40 Å². The lowest BCUT2D eigenvalue weighted by Crippen LogP contribution is -2.25. The number of aryl methyl sites for hydroxylation is 1. The Hall–Kier alpha value is -3.69. The second-order valence-corrected chi connectivity index (χ2v) is 10.5. The highest BCUT2D eigenvalue weighted by atomic mass is 35.5. The van der Waals surface area contributed by atoms with E-state index in [0.717, 1.165) is 28.2 Å². The highest BCUT2D eigenvalue weighted by Gasteiger charge is 2.39. The lowest BCUT2D eigenvalue weighted by atomic mass is 9.98. The molecule has 0 aliphatic carbocycles. The molecule has 0 fully saturated rings. The molecule has 0 aromatic heterocycles. The van der Waals surface area contributed by atoms with Crippen molar-refractivity contribution < 1.29 is 18.7 Å². The fourth-order valence-electron chi connectivity index (χ4n) is 4.25. The average Bonchev–Trinajstić information content (AvgIpc) is 3.51. The molecule has 10 heteroatoms. The number of carbonyl (C=O) groups is 2. The molecular formula is C28H24ClFN4O3S. The minimum absolute atomic E-state index is 0.0937. The molecule has 0 radical (unpaired) electrons. The molecule has 5 rings (SSSR count). The molecular weight excluding hydrogens is 527 g/mol. The molecule has 2 aliphatic heterocycles. The lowest BCUT2D eigenvalue weighted by molar-refractivity contribution is -0.121. The van der Waals surface area contributed by atoms with Crippen LogP contribution in [0.5, 0.6) is 5.75 Å². The number of benzene rings is 3. The summed E-state index contributed by atoms with van der Waals surface area (Å²) in [5.74, 6) is -0.612. The van der Waals surface area contributed by atoms with Crippen LogP contribution >= 0.6 is 23.4 Å². The second-order valence-electron chi connectivity index (χ2n) is 8.97. The molecule has 2 aliphatic rings. The molecule has 3 aromatic rings. The minimum atomic E-state index is -0.695. The molecule has 0 spiro atoms. The van der Waals surface area contributed by atoms with Crippen LogP contribution in [0.25, 0.3) is 0 Å². The Kier molecular flexibility index (Phi) is 7.49. The fraction of sp³-hybridized carbons (Fsp3) is 0.214. The molecule has 2 unspecified atom stereocenters. The van der Waals surface area contributed by atoms with E-state index in [2.05, 4.69) is 22.4 Å². The number of hydrogen-bond acceptors (Lipinski definition) is 6. The molecule has 0 bridgehead atoms. The third-order valence-electron chi connectivity index (χ3n) is 6.29. The van der Waals surface area contributed by atoms with Crippen molar-refractivity contribution in [2.24, 2.45) is 10.1 Å². The Morgan fingerprint density at radius 2 is 1.89 bits per heavy atom. The van der Waals surface area contributed by atoms with Gasteiger partial charge in [0.1, 0.15) is 16.8 Å². The molecule has 1 N–H and O–H groups in total. The van der Waals surface area contributed by atoms with E-state index in [1.807, 2.05) is 43.3 Å². The van der Waals surface area contributed by atoms with Gasteiger partial charge in [0.15, 0.2) is 5.17 Å². The Morgan fingerprint density at radius 1 is 1.16 bits per heavy atom. The van der Waals surface area contributed by atoms with E-state index < -0.39 is 22.9 Å². The van der Waals surface area contributed by atoms with Crippen molar-refractivity contribution in [3.63, 3.8) is 0 Å². The van der Waals surface area contributed by atoms with Gasteiger partial charge in [-0.15, -0.1) is 0 Å². The van der Waals surface area contributed by atoms with Gasteiger partial charge in [-0.3, -0.25) is 9.59 Å². The normalized spacial score (nSPS) is 18.8. The Balaban J connectivity index is 1.34. The maximum atomic E-state index is 13.4. The second kappa shape index (κ2) is 11.0. The summed E-state index contributed by atoms with van der Waals surface area (Å²) in [4.78, 5) is 29.7. The van der Waals surface area contributed by atoms with Gasteiger partial charge in [-0.1, -0.05) is 53.2 Å².